The summed E-state index contributed by atoms with van der Waals surface area (Å²) in [6, 6.07) is 10.9. The SMILES string of the molecule is CC(NC(=O)c1cccc(S)c1)c1ccncc1. The van der Waals surface area contributed by atoms with E-state index < -0.39 is 0 Å². The molecular weight excluding hydrogens is 244 g/mol. The number of hydrogen-bond donors (Lipinski definition) is 2. The highest BCUT2D eigenvalue weighted by molar-refractivity contribution is 7.80. The Hall–Kier alpha value is -1.81. The highest BCUT2D eigenvalue weighted by atomic mass is 32.1. The van der Waals surface area contributed by atoms with Gasteiger partial charge in [-0.2, -0.15) is 0 Å². The van der Waals surface area contributed by atoms with Crippen LogP contribution in [-0.2, 0) is 0 Å². The molecule has 1 N–H and O–H groups in total. The van der Waals surface area contributed by atoms with E-state index in [4.69, 9.17) is 0 Å². The van der Waals surface area contributed by atoms with Crippen molar-refractivity contribution in [2.75, 3.05) is 0 Å². The van der Waals surface area contributed by atoms with E-state index >= 15 is 0 Å². The molecule has 18 heavy (non-hydrogen) atoms. The summed E-state index contributed by atoms with van der Waals surface area (Å²) in [7, 11) is 0. The van der Waals surface area contributed by atoms with E-state index in [1.807, 2.05) is 31.2 Å². The summed E-state index contributed by atoms with van der Waals surface area (Å²) in [5, 5.41) is 2.94. The predicted molar refractivity (Wildman–Crippen MR) is 73.8 cm³/mol. The predicted octanol–water partition coefficient (Wildman–Crippen LogP) is 2.86. The van der Waals surface area contributed by atoms with Crippen molar-refractivity contribution in [2.24, 2.45) is 0 Å². The molecule has 0 aliphatic heterocycles. The lowest BCUT2D eigenvalue weighted by Gasteiger charge is -2.14. The van der Waals surface area contributed by atoms with Crippen LogP contribution in [0.2, 0.25) is 0 Å². The topological polar surface area (TPSA) is 42.0 Å². The average molecular weight is 258 g/mol. The molecule has 3 nitrogen and oxygen atoms in total. The van der Waals surface area contributed by atoms with Crippen LogP contribution in [0.15, 0.2) is 53.7 Å². The van der Waals surface area contributed by atoms with Gasteiger partial charge in [0, 0.05) is 22.9 Å². The maximum atomic E-state index is 12.0. The molecule has 1 unspecified atom stereocenters. The highest BCUT2D eigenvalue weighted by Crippen LogP contribution is 2.13. The minimum Gasteiger partial charge on any atom is -0.346 e. The fourth-order valence-electron chi connectivity index (χ4n) is 1.66. The van der Waals surface area contributed by atoms with E-state index in [0.717, 1.165) is 10.5 Å². The Balaban J connectivity index is 2.08. The van der Waals surface area contributed by atoms with Crippen LogP contribution in [0.3, 0.4) is 0 Å². The average Bonchev–Trinajstić information content (AvgIpc) is 2.39. The molecule has 0 bridgehead atoms. The monoisotopic (exact) mass is 258 g/mol. The van der Waals surface area contributed by atoms with Crippen molar-refractivity contribution >= 4 is 18.5 Å². The van der Waals surface area contributed by atoms with Gasteiger partial charge in [-0.1, -0.05) is 6.07 Å². The number of thiol groups is 1. The zero-order valence-corrected chi connectivity index (χ0v) is 10.9. The van der Waals surface area contributed by atoms with Crippen molar-refractivity contribution in [1.82, 2.24) is 10.3 Å². The van der Waals surface area contributed by atoms with Gasteiger partial charge in [0.25, 0.3) is 5.91 Å². The number of carbonyl (C=O) groups is 1. The minimum absolute atomic E-state index is 0.0518. The van der Waals surface area contributed by atoms with E-state index in [-0.39, 0.29) is 11.9 Å². The first-order chi connectivity index (χ1) is 8.66. The third kappa shape index (κ3) is 3.11. The lowest BCUT2D eigenvalue weighted by atomic mass is 10.1. The Kier molecular flexibility index (Phi) is 3.99. The summed E-state index contributed by atoms with van der Waals surface area (Å²) >= 11 is 4.22. The second kappa shape index (κ2) is 5.69. The van der Waals surface area contributed by atoms with E-state index in [1.54, 1.807) is 24.5 Å². The van der Waals surface area contributed by atoms with Crippen molar-refractivity contribution in [3.63, 3.8) is 0 Å². The molecule has 0 radical (unpaired) electrons. The van der Waals surface area contributed by atoms with Gasteiger partial charge in [-0.3, -0.25) is 9.78 Å². The van der Waals surface area contributed by atoms with Crippen molar-refractivity contribution in [1.29, 1.82) is 0 Å². The molecular formula is C14H14N2OS. The maximum Gasteiger partial charge on any atom is 0.251 e. The zero-order chi connectivity index (χ0) is 13.0. The van der Waals surface area contributed by atoms with Crippen molar-refractivity contribution < 1.29 is 4.79 Å². The van der Waals surface area contributed by atoms with Gasteiger partial charge in [-0.15, -0.1) is 12.6 Å². The van der Waals surface area contributed by atoms with Gasteiger partial charge in [-0.25, -0.2) is 0 Å². The fraction of sp³-hybridized carbons (Fsp3) is 0.143. The largest absolute Gasteiger partial charge is 0.346 e. The molecule has 0 aliphatic carbocycles. The van der Waals surface area contributed by atoms with E-state index in [0.29, 0.717) is 5.56 Å². The molecule has 1 aromatic carbocycles. The van der Waals surface area contributed by atoms with Gasteiger partial charge in [0.05, 0.1) is 6.04 Å². The number of rotatable bonds is 3. The number of aromatic nitrogens is 1. The number of nitrogens with zero attached hydrogens (tertiary/aromatic N) is 1. The number of amides is 1. The Morgan fingerprint density at radius 2 is 2.00 bits per heavy atom. The fourth-order valence-corrected chi connectivity index (χ4v) is 1.89. The summed E-state index contributed by atoms with van der Waals surface area (Å²) in [6.45, 7) is 1.94. The third-order valence-electron chi connectivity index (χ3n) is 2.66. The zero-order valence-electron chi connectivity index (χ0n) is 10.00. The molecule has 92 valence electrons. The van der Waals surface area contributed by atoms with Crippen LogP contribution in [-0.4, -0.2) is 10.9 Å². The van der Waals surface area contributed by atoms with Gasteiger partial charge in [0.2, 0.25) is 0 Å². The van der Waals surface area contributed by atoms with Gasteiger partial charge in [0.15, 0.2) is 0 Å². The molecule has 4 heteroatoms. The number of nitrogens with one attached hydrogen (secondary N) is 1. The van der Waals surface area contributed by atoms with Crippen LogP contribution in [0.4, 0.5) is 0 Å². The van der Waals surface area contributed by atoms with E-state index in [1.165, 1.54) is 0 Å². The summed E-state index contributed by atoms with van der Waals surface area (Å²) in [5.41, 5.74) is 1.64. The first-order valence-corrected chi connectivity index (χ1v) is 6.11. The van der Waals surface area contributed by atoms with Crippen molar-refractivity contribution in [2.45, 2.75) is 17.9 Å². The van der Waals surface area contributed by atoms with Gasteiger partial charge in [-0.05, 0) is 42.8 Å². The van der Waals surface area contributed by atoms with Crippen LogP contribution in [0.5, 0.6) is 0 Å². The molecule has 0 spiro atoms. The van der Waals surface area contributed by atoms with Crippen molar-refractivity contribution in [3.8, 4) is 0 Å². The molecule has 0 aliphatic rings. The third-order valence-corrected chi connectivity index (χ3v) is 2.94. The Bertz CT molecular complexity index is 543. The molecule has 0 fully saturated rings. The van der Waals surface area contributed by atoms with Gasteiger partial charge < -0.3 is 5.32 Å². The van der Waals surface area contributed by atoms with Crippen LogP contribution in [0.25, 0.3) is 0 Å². The van der Waals surface area contributed by atoms with Crippen LogP contribution in [0, 0.1) is 0 Å². The Labute approximate surface area is 112 Å². The summed E-state index contributed by atoms with van der Waals surface area (Å²) in [5.74, 6) is -0.102. The standard InChI is InChI=1S/C14H14N2OS/c1-10(11-5-7-15-8-6-11)16-14(17)12-3-2-4-13(18)9-12/h2-10,18H,1H3,(H,16,17). The first-order valence-electron chi connectivity index (χ1n) is 5.66. The summed E-state index contributed by atoms with van der Waals surface area (Å²) in [6.07, 6.45) is 3.43. The van der Waals surface area contributed by atoms with Crippen LogP contribution in [0.1, 0.15) is 28.9 Å². The molecule has 1 atom stereocenters. The molecule has 0 saturated heterocycles. The Morgan fingerprint density at radius 3 is 2.67 bits per heavy atom. The number of benzene rings is 1. The highest BCUT2D eigenvalue weighted by Gasteiger charge is 2.11. The molecule has 2 rings (SSSR count). The second-order valence-corrected chi connectivity index (χ2v) is 4.54. The van der Waals surface area contributed by atoms with Crippen LogP contribution >= 0.6 is 12.6 Å². The lowest BCUT2D eigenvalue weighted by molar-refractivity contribution is 0.0939. The lowest BCUT2D eigenvalue weighted by Crippen LogP contribution is -2.26. The summed E-state index contributed by atoms with van der Waals surface area (Å²) in [4.78, 5) is 16.8. The van der Waals surface area contributed by atoms with Crippen molar-refractivity contribution in [3.05, 3.63) is 59.9 Å². The van der Waals surface area contributed by atoms with Gasteiger partial charge in [0.1, 0.15) is 0 Å². The molecule has 1 heterocycles. The molecule has 1 amide bonds. The smallest absolute Gasteiger partial charge is 0.251 e. The Morgan fingerprint density at radius 1 is 1.28 bits per heavy atom. The quantitative estimate of drug-likeness (QED) is 0.831. The second-order valence-electron chi connectivity index (χ2n) is 4.03. The van der Waals surface area contributed by atoms with Crippen LogP contribution < -0.4 is 5.32 Å². The number of carbonyl (C=O) groups excluding carboxylic acids is 1. The number of hydrogen-bond acceptors (Lipinski definition) is 3. The van der Waals surface area contributed by atoms with E-state index in [9.17, 15) is 4.79 Å². The molecule has 1 aromatic heterocycles. The number of pyridine rings is 1. The maximum absolute atomic E-state index is 12.0. The summed E-state index contributed by atoms with van der Waals surface area (Å²) < 4.78 is 0. The van der Waals surface area contributed by atoms with E-state index in [2.05, 4.69) is 22.9 Å². The molecule has 2 aromatic rings. The first kappa shape index (κ1) is 12.6. The molecule has 0 saturated carbocycles. The normalized spacial score (nSPS) is 11.9. The minimum atomic E-state index is -0.102. The van der Waals surface area contributed by atoms with Gasteiger partial charge >= 0.3 is 0 Å².